The highest BCUT2D eigenvalue weighted by Crippen LogP contribution is 2.28. The zero-order valence-corrected chi connectivity index (χ0v) is 19.1. The molecule has 2 aromatic heterocycles. The van der Waals surface area contributed by atoms with E-state index < -0.39 is 0 Å². The molecule has 2 aromatic carbocycles. The summed E-state index contributed by atoms with van der Waals surface area (Å²) in [5, 5.41) is 8.86. The number of benzene rings is 2. The van der Waals surface area contributed by atoms with Gasteiger partial charge < -0.3 is 19.4 Å². The van der Waals surface area contributed by atoms with Gasteiger partial charge in [-0.25, -0.2) is 4.68 Å². The topological polar surface area (TPSA) is 87.4 Å². The van der Waals surface area contributed by atoms with Crippen LogP contribution in [0.15, 0.2) is 53.5 Å². The first-order valence-corrected chi connectivity index (χ1v) is 11.1. The molecule has 4 rings (SSSR count). The summed E-state index contributed by atoms with van der Waals surface area (Å²) in [6, 6.07) is 13.6. The molecule has 1 amide bonds. The molecule has 0 radical (unpaired) electrons. The molecule has 0 spiro atoms. The van der Waals surface area contributed by atoms with Gasteiger partial charge in [0, 0.05) is 29.9 Å². The quantitative estimate of drug-likeness (QED) is 0.425. The second kappa shape index (κ2) is 9.77. The van der Waals surface area contributed by atoms with Gasteiger partial charge >= 0.3 is 0 Å². The van der Waals surface area contributed by atoms with Gasteiger partial charge in [-0.2, -0.15) is 5.10 Å². The van der Waals surface area contributed by atoms with Crippen LogP contribution in [0.5, 0.6) is 11.5 Å². The van der Waals surface area contributed by atoms with Crippen molar-refractivity contribution in [2.75, 3.05) is 19.8 Å². The monoisotopic (exact) mass is 448 g/mol. The molecule has 1 N–H and O–H groups in total. The first-order chi connectivity index (χ1) is 16.0. The fraction of sp³-hybridized carbons (Fsp3) is 0.320. The standard InChI is InChI=1S/C25H28N4O4/c1-4-32-21-11-10-17(14-22(21)33-5-2)12-13-26-23(30)16-29-25(31)24-19(15-27-29)18-8-6-7-9-20(18)28(24)3/h6-11,14-15H,4-5,12-13,16H2,1-3H3,(H,26,30). The number of hydrogen-bond acceptors (Lipinski definition) is 5. The average molecular weight is 449 g/mol. The molecule has 0 unspecified atom stereocenters. The van der Waals surface area contributed by atoms with E-state index in [-0.39, 0.29) is 18.0 Å². The van der Waals surface area contributed by atoms with Gasteiger partial charge in [-0.1, -0.05) is 24.3 Å². The van der Waals surface area contributed by atoms with E-state index in [9.17, 15) is 9.59 Å². The highest BCUT2D eigenvalue weighted by atomic mass is 16.5. The number of nitrogens with zero attached hydrogens (tertiary/aromatic N) is 3. The van der Waals surface area contributed by atoms with E-state index in [1.54, 1.807) is 6.20 Å². The third kappa shape index (κ3) is 4.55. The lowest BCUT2D eigenvalue weighted by Crippen LogP contribution is -2.34. The summed E-state index contributed by atoms with van der Waals surface area (Å²) in [5.74, 6) is 1.14. The smallest absolute Gasteiger partial charge is 0.291 e. The summed E-state index contributed by atoms with van der Waals surface area (Å²) in [7, 11) is 1.85. The van der Waals surface area contributed by atoms with Gasteiger partial charge in [0.2, 0.25) is 5.91 Å². The maximum Gasteiger partial charge on any atom is 0.291 e. The van der Waals surface area contributed by atoms with E-state index in [1.807, 2.05) is 67.9 Å². The molecule has 0 fully saturated rings. The summed E-state index contributed by atoms with van der Waals surface area (Å²) in [5.41, 5.74) is 2.23. The van der Waals surface area contributed by atoms with Crippen molar-refractivity contribution in [3.8, 4) is 11.5 Å². The number of aromatic nitrogens is 3. The van der Waals surface area contributed by atoms with Crippen molar-refractivity contribution in [2.24, 2.45) is 7.05 Å². The van der Waals surface area contributed by atoms with Gasteiger partial charge in [0.25, 0.3) is 5.56 Å². The Morgan fingerprint density at radius 1 is 1.03 bits per heavy atom. The van der Waals surface area contributed by atoms with Gasteiger partial charge in [-0.05, 0) is 44.0 Å². The van der Waals surface area contributed by atoms with Crippen molar-refractivity contribution in [3.05, 3.63) is 64.6 Å². The van der Waals surface area contributed by atoms with Crippen molar-refractivity contribution in [1.29, 1.82) is 0 Å². The minimum Gasteiger partial charge on any atom is -0.490 e. The van der Waals surface area contributed by atoms with Gasteiger partial charge in [0.15, 0.2) is 11.5 Å². The van der Waals surface area contributed by atoms with Crippen LogP contribution in [0.1, 0.15) is 19.4 Å². The number of carbonyl (C=O) groups excluding carboxylic acids is 1. The third-order valence-corrected chi connectivity index (χ3v) is 5.55. The number of ether oxygens (including phenoxy) is 2. The lowest BCUT2D eigenvalue weighted by molar-refractivity contribution is -0.121. The second-order valence-corrected chi connectivity index (χ2v) is 7.69. The zero-order valence-electron chi connectivity index (χ0n) is 19.1. The second-order valence-electron chi connectivity index (χ2n) is 7.69. The SMILES string of the molecule is CCOc1ccc(CCNC(=O)Cn2ncc3c4ccccc4n(C)c3c2=O)cc1OCC. The Morgan fingerprint density at radius 2 is 1.79 bits per heavy atom. The van der Waals surface area contributed by atoms with Crippen molar-refractivity contribution >= 4 is 27.7 Å². The van der Waals surface area contributed by atoms with E-state index in [1.165, 1.54) is 4.68 Å². The van der Waals surface area contributed by atoms with Gasteiger partial charge in [0.1, 0.15) is 12.1 Å². The number of rotatable bonds is 9. The van der Waals surface area contributed by atoms with Crippen LogP contribution in [0.4, 0.5) is 0 Å². The molecule has 172 valence electrons. The number of hydrogen-bond donors (Lipinski definition) is 1. The fourth-order valence-corrected chi connectivity index (χ4v) is 4.02. The molecule has 0 aliphatic heterocycles. The maximum absolute atomic E-state index is 13.0. The Kier molecular flexibility index (Phi) is 6.63. The molecular weight excluding hydrogens is 420 g/mol. The summed E-state index contributed by atoms with van der Waals surface area (Å²) in [6.45, 7) is 5.26. The van der Waals surface area contributed by atoms with Crippen molar-refractivity contribution < 1.29 is 14.3 Å². The van der Waals surface area contributed by atoms with E-state index in [4.69, 9.17) is 9.47 Å². The predicted molar refractivity (Wildman–Crippen MR) is 128 cm³/mol. The molecule has 33 heavy (non-hydrogen) atoms. The number of aryl methyl sites for hydroxylation is 1. The van der Waals surface area contributed by atoms with E-state index in [0.717, 1.165) is 21.9 Å². The normalized spacial score (nSPS) is 11.1. The molecule has 0 bridgehead atoms. The highest BCUT2D eigenvalue weighted by Gasteiger charge is 2.15. The number of fused-ring (bicyclic) bond motifs is 3. The zero-order chi connectivity index (χ0) is 23.4. The largest absolute Gasteiger partial charge is 0.490 e. The average Bonchev–Trinajstić information content (AvgIpc) is 3.10. The van der Waals surface area contributed by atoms with Crippen LogP contribution < -0.4 is 20.3 Å². The van der Waals surface area contributed by atoms with Crippen LogP contribution in [0.2, 0.25) is 0 Å². The van der Waals surface area contributed by atoms with Crippen molar-refractivity contribution in [3.63, 3.8) is 0 Å². The minimum absolute atomic E-state index is 0.135. The lowest BCUT2D eigenvalue weighted by Gasteiger charge is -2.13. The molecule has 8 nitrogen and oxygen atoms in total. The summed E-state index contributed by atoms with van der Waals surface area (Å²) in [4.78, 5) is 25.5. The van der Waals surface area contributed by atoms with Gasteiger partial charge in [-0.15, -0.1) is 0 Å². The van der Waals surface area contributed by atoms with E-state index in [0.29, 0.717) is 43.2 Å². The Morgan fingerprint density at radius 3 is 2.58 bits per heavy atom. The van der Waals surface area contributed by atoms with E-state index >= 15 is 0 Å². The summed E-state index contributed by atoms with van der Waals surface area (Å²) < 4.78 is 14.3. The highest BCUT2D eigenvalue weighted by molar-refractivity contribution is 6.07. The summed E-state index contributed by atoms with van der Waals surface area (Å²) in [6.07, 6.45) is 2.28. The molecule has 8 heteroatoms. The van der Waals surface area contributed by atoms with Crippen LogP contribution in [-0.2, 0) is 24.8 Å². The molecule has 4 aromatic rings. The fourth-order valence-electron chi connectivity index (χ4n) is 4.02. The van der Waals surface area contributed by atoms with Crippen molar-refractivity contribution in [2.45, 2.75) is 26.8 Å². The molecular formula is C25H28N4O4. The van der Waals surface area contributed by atoms with Crippen LogP contribution in [0, 0.1) is 0 Å². The van der Waals surface area contributed by atoms with E-state index in [2.05, 4.69) is 10.4 Å². The third-order valence-electron chi connectivity index (χ3n) is 5.55. The van der Waals surface area contributed by atoms with Crippen molar-refractivity contribution in [1.82, 2.24) is 19.7 Å². The molecule has 0 saturated carbocycles. The molecule has 2 heterocycles. The molecule has 0 saturated heterocycles. The predicted octanol–water partition coefficient (Wildman–Crippen LogP) is 3.04. The molecule has 0 aliphatic carbocycles. The minimum atomic E-state index is -0.283. The number of para-hydroxylation sites is 1. The molecule has 0 aliphatic rings. The van der Waals surface area contributed by atoms with Crippen LogP contribution in [0.3, 0.4) is 0 Å². The summed E-state index contributed by atoms with van der Waals surface area (Å²) >= 11 is 0. The lowest BCUT2D eigenvalue weighted by atomic mass is 10.1. The Labute approximate surface area is 191 Å². The number of amides is 1. The Bertz CT molecular complexity index is 1360. The van der Waals surface area contributed by atoms with Crippen LogP contribution in [-0.4, -0.2) is 40.0 Å². The van der Waals surface area contributed by atoms with Crippen LogP contribution >= 0.6 is 0 Å². The first-order valence-electron chi connectivity index (χ1n) is 11.1. The number of carbonyl (C=O) groups is 1. The maximum atomic E-state index is 13.0. The van der Waals surface area contributed by atoms with Gasteiger partial charge in [-0.3, -0.25) is 9.59 Å². The Hall–Kier alpha value is -3.81. The number of nitrogens with one attached hydrogen (secondary N) is 1. The molecule has 0 atom stereocenters. The van der Waals surface area contributed by atoms with Crippen LogP contribution in [0.25, 0.3) is 21.8 Å². The Balaban J connectivity index is 1.43. The van der Waals surface area contributed by atoms with Gasteiger partial charge in [0.05, 0.1) is 19.4 Å². The first kappa shape index (κ1) is 22.4.